The molecule has 0 heterocycles. The molecule has 0 rings (SSSR count). The lowest BCUT2D eigenvalue weighted by Crippen LogP contribution is -2.47. The third-order valence-electron chi connectivity index (χ3n) is 2.26. The smallest absolute Gasteiger partial charge is 0.248 e. The molecule has 0 aliphatic carbocycles. The number of nitrogens with one attached hydrogen (secondary N) is 2. The summed E-state index contributed by atoms with van der Waals surface area (Å²) in [5, 5.41) is 2.87. The maximum absolute atomic E-state index is 11.6. The molecule has 2 amide bonds. The predicted molar refractivity (Wildman–Crippen MR) is 82.2 cm³/mol. The van der Waals surface area contributed by atoms with Crippen LogP contribution in [0.3, 0.4) is 0 Å². The number of hydrazine groups is 2. The SMILES string of the molecule is CCC(=S)N(C)NC(=O)CC(=O)NN(C)C(=S)CC. The monoisotopic (exact) mass is 304 g/mol. The molecule has 108 valence electrons. The quantitative estimate of drug-likeness (QED) is 0.454. The third-order valence-corrected chi connectivity index (χ3v) is 3.38. The molecule has 0 aromatic carbocycles. The number of carbonyl (C=O) groups excluding carboxylic acids is 2. The van der Waals surface area contributed by atoms with Crippen molar-refractivity contribution < 1.29 is 9.59 Å². The van der Waals surface area contributed by atoms with E-state index in [4.69, 9.17) is 24.4 Å². The highest BCUT2D eigenvalue weighted by molar-refractivity contribution is 7.80. The second kappa shape index (κ2) is 8.76. The molecule has 0 saturated heterocycles. The molecule has 0 spiro atoms. The highest BCUT2D eigenvalue weighted by atomic mass is 32.1. The van der Waals surface area contributed by atoms with Crippen LogP contribution >= 0.6 is 24.4 Å². The Morgan fingerprint density at radius 2 is 1.21 bits per heavy atom. The summed E-state index contributed by atoms with van der Waals surface area (Å²) in [6.45, 7) is 3.77. The van der Waals surface area contributed by atoms with Gasteiger partial charge in [-0.25, -0.2) is 0 Å². The summed E-state index contributed by atoms with van der Waals surface area (Å²) in [5.41, 5.74) is 5.04. The Kier molecular flexibility index (Phi) is 8.17. The van der Waals surface area contributed by atoms with Crippen LogP contribution in [0.2, 0.25) is 0 Å². The van der Waals surface area contributed by atoms with Gasteiger partial charge in [0, 0.05) is 14.1 Å². The van der Waals surface area contributed by atoms with Crippen molar-refractivity contribution in [2.75, 3.05) is 14.1 Å². The summed E-state index contributed by atoms with van der Waals surface area (Å²) >= 11 is 10.0. The summed E-state index contributed by atoms with van der Waals surface area (Å²) in [5.74, 6) is -0.849. The van der Waals surface area contributed by atoms with Crippen molar-refractivity contribution >= 4 is 46.2 Å². The lowest BCUT2D eigenvalue weighted by Gasteiger charge is -2.22. The van der Waals surface area contributed by atoms with E-state index in [-0.39, 0.29) is 6.42 Å². The Morgan fingerprint density at radius 3 is 1.47 bits per heavy atom. The molecule has 19 heavy (non-hydrogen) atoms. The van der Waals surface area contributed by atoms with E-state index in [1.807, 2.05) is 13.8 Å². The minimum absolute atomic E-state index is 0.284. The Bertz CT molecular complexity index is 340. The second-order valence-electron chi connectivity index (χ2n) is 3.86. The average Bonchev–Trinajstić information content (AvgIpc) is 2.35. The molecule has 0 bridgehead atoms. The molecule has 0 aromatic rings. The number of nitrogens with zero attached hydrogens (tertiary/aromatic N) is 2. The van der Waals surface area contributed by atoms with Crippen LogP contribution in [0.4, 0.5) is 0 Å². The van der Waals surface area contributed by atoms with E-state index in [9.17, 15) is 9.59 Å². The number of hydrogen-bond donors (Lipinski definition) is 2. The normalized spacial score (nSPS) is 9.47. The zero-order valence-corrected chi connectivity index (χ0v) is 13.3. The van der Waals surface area contributed by atoms with E-state index < -0.39 is 11.8 Å². The van der Waals surface area contributed by atoms with Gasteiger partial charge < -0.3 is 0 Å². The van der Waals surface area contributed by atoms with Gasteiger partial charge in [0.1, 0.15) is 6.42 Å². The molecule has 0 radical (unpaired) electrons. The minimum atomic E-state index is -0.424. The van der Waals surface area contributed by atoms with Crippen molar-refractivity contribution in [2.24, 2.45) is 0 Å². The fraction of sp³-hybridized carbons (Fsp3) is 0.636. The van der Waals surface area contributed by atoms with E-state index in [1.165, 1.54) is 10.0 Å². The number of carbonyl (C=O) groups is 2. The van der Waals surface area contributed by atoms with Crippen LogP contribution in [0.15, 0.2) is 0 Å². The van der Waals surface area contributed by atoms with Crippen LogP contribution in [0.5, 0.6) is 0 Å². The standard InChI is InChI=1S/C11H20N4O2S2/c1-5-10(18)14(3)12-8(16)7-9(17)13-15(4)11(19)6-2/h5-7H2,1-4H3,(H,12,16)(H,13,17). The van der Waals surface area contributed by atoms with E-state index in [1.54, 1.807) is 14.1 Å². The largest absolute Gasteiger partial charge is 0.282 e. The highest BCUT2D eigenvalue weighted by Gasteiger charge is 2.14. The van der Waals surface area contributed by atoms with E-state index >= 15 is 0 Å². The number of rotatable bonds is 4. The molecule has 8 heteroatoms. The first kappa shape index (κ1) is 17.7. The van der Waals surface area contributed by atoms with Gasteiger partial charge in [-0.05, 0) is 12.8 Å². The summed E-state index contributed by atoms with van der Waals surface area (Å²) in [6.07, 6.45) is 1.00. The predicted octanol–water partition coefficient (Wildman–Crippen LogP) is 0.777. The molecule has 0 aliphatic rings. The van der Waals surface area contributed by atoms with Crippen LogP contribution in [0.1, 0.15) is 33.1 Å². The Balaban J connectivity index is 4.16. The first-order valence-corrected chi connectivity index (χ1v) is 6.75. The van der Waals surface area contributed by atoms with E-state index in [0.717, 1.165) is 0 Å². The molecule has 0 unspecified atom stereocenters. The van der Waals surface area contributed by atoms with Crippen molar-refractivity contribution in [3.63, 3.8) is 0 Å². The van der Waals surface area contributed by atoms with Gasteiger partial charge in [-0.15, -0.1) is 0 Å². The molecule has 2 N–H and O–H groups in total. The fourth-order valence-corrected chi connectivity index (χ4v) is 1.29. The minimum Gasteiger partial charge on any atom is -0.282 e. The summed E-state index contributed by atoms with van der Waals surface area (Å²) in [6, 6.07) is 0. The van der Waals surface area contributed by atoms with E-state index in [0.29, 0.717) is 22.8 Å². The lowest BCUT2D eigenvalue weighted by atomic mass is 10.4. The molecular weight excluding hydrogens is 284 g/mol. The summed E-state index contributed by atoms with van der Waals surface area (Å²) in [4.78, 5) is 24.4. The highest BCUT2D eigenvalue weighted by Crippen LogP contribution is 1.93. The first-order chi connectivity index (χ1) is 8.81. The van der Waals surface area contributed by atoms with E-state index in [2.05, 4.69) is 10.9 Å². The first-order valence-electron chi connectivity index (χ1n) is 5.93. The second-order valence-corrected chi connectivity index (χ2v) is 4.80. The van der Waals surface area contributed by atoms with Gasteiger partial charge in [0.15, 0.2) is 0 Å². The van der Waals surface area contributed by atoms with Crippen molar-refractivity contribution in [3.05, 3.63) is 0 Å². The van der Waals surface area contributed by atoms with Crippen LogP contribution < -0.4 is 10.9 Å². The molecule has 6 nitrogen and oxygen atoms in total. The van der Waals surface area contributed by atoms with Crippen molar-refractivity contribution in [1.82, 2.24) is 20.9 Å². The van der Waals surface area contributed by atoms with Gasteiger partial charge in [-0.1, -0.05) is 38.3 Å². The number of amides is 2. The fourth-order valence-electron chi connectivity index (χ4n) is 1.20. The van der Waals surface area contributed by atoms with Crippen LogP contribution in [0.25, 0.3) is 0 Å². The van der Waals surface area contributed by atoms with Gasteiger partial charge in [0.25, 0.3) is 0 Å². The Hall–Kier alpha value is -1.28. The molecule has 0 saturated carbocycles. The third kappa shape index (κ3) is 7.02. The van der Waals surface area contributed by atoms with Gasteiger partial charge in [0.05, 0.1) is 9.98 Å². The zero-order valence-electron chi connectivity index (χ0n) is 11.6. The summed E-state index contributed by atoms with van der Waals surface area (Å²) < 4.78 is 0. The van der Waals surface area contributed by atoms with Gasteiger partial charge in [-0.3, -0.25) is 30.5 Å². The zero-order chi connectivity index (χ0) is 15.0. The molecule has 0 atom stereocenters. The summed E-state index contributed by atoms with van der Waals surface area (Å²) in [7, 11) is 3.28. The van der Waals surface area contributed by atoms with Crippen LogP contribution in [-0.4, -0.2) is 45.9 Å². The molecule has 0 aromatic heterocycles. The maximum Gasteiger partial charge on any atom is 0.248 e. The molecular formula is C11H20N4O2S2. The number of thiocarbonyl (C=S) groups is 2. The van der Waals surface area contributed by atoms with Crippen LogP contribution in [0, 0.1) is 0 Å². The van der Waals surface area contributed by atoms with Gasteiger partial charge >= 0.3 is 0 Å². The Labute approximate surface area is 124 Å². The lowest BCUT2D eigenvalue weighted by molar-refractivity contribution is -0.132. The molecule has 0 fully saturated rings. The van der Waals surface area contributed by atoms with Crippen molar-refractivity contribution in [3.8, 4) is 0 Å². The van der Waals surface area contributed by atoms with Gasteiger partial charge in [0.2, 0.25) is 11.8 Å². The van der Waals surface area contributed by atoms with Gasteiger partial charge in [-0.2, -0.15) is 0 Å². The number of hydrogen-bond acceptors (Lipinski definition) is 4. The topological polar surface area (TPSA) is 64.7 Å². The van der Waals surface area contributed by atoms with Crippen molar-refractivity contribution in [2.45, 2.75) is 33.1 Å². The Morgan fingerprint density at radius 1 is 0.895 bits per heavy atom. The maximum atomic E-state index is 11.6. The van der Waals surface area contributed by atoms with Crippen molar-refractivity contribution in [1.29, 1.82) is 0 Å². The molecule has 0 aliphatic heterocycles. The van der Waals surface area contributed by atoms with Crippen LogP contribution in [-0.2, 0) is 9.59 Å². The average molecular weight is 304 g/mol.